The molecule has 0 fully saturated rings. The van der Waals surface area contributed by atoms with Crippen LogP contribution in [0.25, 0.3) is 0 Å². The molecule has 0 spiro atoms. The van der Waals surface area contributed by atoms with Gasteiger partial charge in [-0.05, 0) is 34.7 Å². The van der Waals surface area contributed by atoms with E-state index in [1.807, 2.05) is 12.1 Å². The van der Waals surface area contributed by atoms with Crippen molar-refractivity contribution in [2.24, 2.45) is 5.73 Å². The molecule has 1 rings (SSSR count). The van der Waals surface area contributed by atoms with Crippen LogP contribution in [0, 0.1) is 3.57 Å². The Balaban J connectivity index is 2.39. The molecule has 0 aromatic heterocycles. The van der Waals surface area contributed by atoms with Crippen LogP contribution in [0.1, 0.15) is 23.2 Å². The number of rotatable bonds is 6. The number of carbonyl (C=O) groups excluding carboxylic acids is 3. The zero-order valence-corrected chi connectivity index (χ0v) is 11.8. The zero-order valence-electron chi connectivity index (χ0n) is 9.61. The number of carbonyl (C=O) groups is 3. The first-order valence-electron chi connectivity index (χ1n) is 5.33. The molecule has 3 N–H and O–H groups in total. The summed E-state index contributed by atoms with van der Waals surface area (Å²) in [4.78, 5) is 33.4. The third-order valence-corrected chi connectivity index (χ3v) is 2.92. The predicted octanol–water partition coefficient (Wildman–Crippen LogP) is 0.856. The number of benzene rings is 1. The molecule has 6 heteroatoms. The Bertz CT molecular complexity index is 457. The second-order valence-electron chi connectivity index (χ2n) is 3.67. The van der Waals surface area contributed by atoms with Crippen LogP contribution in [0.2, 0.25) is 0 Å². The fraction of sp³-hybridized carbons (Fsp3) is 0.250. The Kier molecular flexibility index (Phi) is 5.76. The van der Waals surface area contributed by atoms with Gasteiger partial charge in [-0.3, -0.25) is 14.4 Å². The van der Waals surface area contributed by atoms with Crippen LogP contribution in [0.4, 0.5) is 0 Å². The molecule has 0 aliphatic carbocycles. The van der Waals surface area contributed by atoms with E-state index in [0.29, 0.717) is 5.56 Å². The van der Waals surface area contributed by atoms with E-state index in [0.717, 1.165) is 3.57 Å². The first-order chi connectivity index (χ1) is 8.49. The van der Waals surface area contributed by atoms with E-state index in [1.165, 1.54) is 0 Å². The fourth-order valence-corrected chi connectivity index (χ4v) is 1.64. The molecule has 0 aliphatic rings. The van der Waals surface area contributed by atoms with Crippen LogP contribution in [0.3, 0.4) is 0 Å². The second-order valence-corrected chi connectivity index (χ2v) is 4.92. The summed E-state index contributed by atoms with van der Waals surface area (Å²) in [6, 6.07) is 7.12. The summed E-state index contributed by atoms with van der Waals surface area (Å²) in [7, 11) is 0. The van der Waals surface area contributed by atoms with Gasteiger partial charge in [0, 0.05) is 22.0 Å². The smallest absolute Gasteiger partial charge is 0.236 e. The highest BCUT2D eigenvalue weighted by Crippen LogP contribution is 2.09. The Morgan fingerprint density at radius 3 is 2.28 bits per heavy atom. The molecule has 5 nitrogen and oxygen atoms in total. The average molecular weight is 360 g/mol. The Morgan fingerprint density at radius 1 is 1.11 bits per heavy atom. The number of hydrogen-bond acceptors (Lipinski definition) is 3. The molecule has 0 atom stereocenters. The van der Waals surface area contributed by atoms with Gasteiger partial charge < -0.3 is 11.1 Å². The van der Waals surface area contributed by atoms with Crippen molar-refractivity contribution in [3.63, 3.8) is 0 Å². The third kappa shape index (κ3) is 5.26. The van der Waals surface area contributed by atoms with Gasteiger partial charge in [-0.2, -0.15) is 0 Å². The molecule has 0 unspecified atom stereocenters. The highest BCUT2D eigenvalue weighted by atomic mass is 127. The Hall–Kier alpha value is -1.44. The predicted molar refractivity (Wildman–Crippen MR) is 74.9 cm³/mol. The van der Waals surface area contributed by atoms with E-state index in [2.05, 4.69) is 27.9 Å². The molecular formula is C12H13IN2O3. The molecule has 2 amide bonds. The minimum atomic E-state index is -0.604. The second kappa shape index (κ2) is 7.10. The number of ketones is 1. The lowest BCUT2D eigenvalue weighted by atomic mass is 10.1. The zero-order chi connectivity index (χ0) is 13.5. The first kappa shape index (κ1) is 14.6. The number of nitrogens with one attached hydrogen (secondary N) is 1. The van der Waals surface area contributed by atoms with Gasteiger partial charge in [-0.25, -0.2) is 0 Å². The highest BCUT2D eigenvalue weighted by molar-refractivity contribution is 14.1. The van der Waals surface area contributed by atoms with Gasteiger partial charge in [0.15, 0.2) is 5.78 Å². The molecule has 0 saturated carbocycles. The number of halogens is 1. The van der Waals surface area contributed by atoms with Gasteiger partial charge in [0.05, 0.1) is 6.54 Å². The first-order valence-corrected chi connectivity index (χ1v) is 6.40. The van der Waals surface area contributed by atoms with E-state index < -0.39 is 5.91 Å². The normalized spacial score (nSPS) is 9.83. The van der Waals surface area contributed by atoms with Crippen molar-refractivity contribution in [3.8, 4) is 0 Å². The lowest BCUT2D eigenvalue weighted by molar-refractivity contribution is -0.124. The Labute approximate surface area is 118 Å². The molecule has 18 heavy (non-hydrogen) atoms. The molecule has 1 aromatic rings. The molecule has 96 valence electrons. The van der Waals surface area contributed by atoms with Crippen molar-refractivity contribution < 1.29 is 14.4 Å². The van der Waals surface area contributed by atoms with Crippen molar-refractivity contribution in [1.82, 2.24) is 5.32 Å². The SMILES string of the molecule is NC(=O)CNC(=O)CCC(=O)c1ccc(I)cc1. The Morgan fingerprint density at radius 2 is 1.72 bits per heavy atom. The monoisotopic (exact) mass is 360 g/mol. The van der Waals surface area contributed by atoms with Gasteiger partial charge in [0.2, 0.25) is 11.8 Å². The highest BCUT2D eigenvalue weighted by Gasteiger charge is 2.09. The number of Topliss-reactive ketones (excluding diaryl/α,β-unsaturated/α-hetero) is 1. The van der Waals surface area contributed by atoms with Crippen LogP contribution < -0.4 is 11.1 Å². The standard InChI is InChI=1S/C12H13IN2O3/c13-9-3-1-8(2-4-9)10(16)5-6-12(18)15-7-11(14)17/h1-4H,5-7H2,(H2,14,17)(H,15,18). The summed E-state index contributed by atoms with van der Waals surface area (Å²) >= 11 is 2.15. The summed E-state index contributed by atoms with van der Waals surface area (Å²) in [6.07, 6.45) is 0.170. The quantitative estimate of drug-likeness (QED) is 0.583. The van der Waals surface area contributed by atoms with Crippen LogP contribution in [-0.4, -0.2) is 24.1 Å². The number of nitrogens with two attached hydrogens (primary N) is 1. The van der Waals surface area contributed by atoms with Crippen LogP contribution in [0.15, 0.2) is 24.3 Å². The molecule has 1 aromatic carbocycles. The van der Waals surface area contributed by atoms with Crippen molar-refractivity contribution in [1.29, 1.82) is 0 Å². The summed E-state index contributed by atoms with van der Waals surface area (Å²) in [5.41, 5.74) is 5.46. The van der Waals surface area contributed by atoms with Gasteiger partial charge in [0.25, 0.3) is 0 Å². The van der Waals surface area contributed by atoms with E-state index >= 15 is 0 Å². The van der Waals surface area contributed by atoms with Gasteiger partial charge >= 0.3 is 0 Å². The largest absolute Gasteiger partial charge is 0.368 e. The summed E-state index contributed by atoms with van der Waals surface area (Å²) in [6.45, 7) is -0.198. The molecule has 0 heterocycles. The third-order valence-electron chi connectivity index (χ3n) is 2.21. The topological polar surface area (TPSA) is 89.3 Å². The summed E-state index contributed by atoms with van der Waals surface area (Å²) in [5.74, 6) is -1.06. The molecular weight excluding hydrogens is 347 g/mol. The van der Waals surface area contributed by atoms with Crippen molar-refractivity contribution in [2.75, 3.05) is 6.54 Å². The minimum Gasteiger partial charge on any atom is -0.368 e. The van der Waals surface area contributed by atoms with Gasteiger partial charge in [0.1, 0.15) is 0 Å². The van der Waals surface area contributed by atoms with Crippen molar-refractivity contribution in [3.05, 3.63) is 33.4 Å². The maximum atomic E-state index is 11.7. The molecule has 0 radical (unpaired) electrons. The molecule has 0 bridgehead atoms. The van der Waals surface area contributed by atoms with E-state index in [1.54, 1.807) is 12.1 Å². The maximum Gasteiger partial charge on any atom is 0.236 e. The molecule has 0 aliphatic heterocycles. The lowest BCUT2D eigenvalue weighted by Crippen LogP contribution is -2.33. The summed E-state index contributed by atoms with van der Waals surface area (Å²) < 4.78 is 1.04. The van der Waals surface area contributed by atoms with E-state index in [-0.39, 0.29) is 31.1 Å². The van der Waals surface area contributed by atoms with Crippen LogP contribution >= 0.6 is 22.6 Å². The summed E-state index contributed by atoms with van der Waals surface area (Å²) in [5, 5.41) is 2.33. The number of primary amides is 1. The van der Waals surface area contributed by atoms with Crippen LogP contribution in [0.5, 0.6) is 0 Å². The lowest BCUT2D eigenvalue weighted by Gasteiger charge is -2.03. The maximum absolute atomic E-state index is 11.7. The van der Waals surface area contributed by atoms with E-state index in [9.17, 15) is 14.4 Å². The molecule has 0 saturated heterocycles. The average Bonchev–Trinajstić information content (AvgIpc) is 2.34. The number of hydrogen-bond donors (Lipinski definition) is 2. The minimum absolute atomic E-state index is 0.0537. The van der Waals surface area contributed by atoms with Crippen molar-refractivity contribution in [2.45, 2.75) is 12.8 Å². The van der Waals surface area contributed by atoms with Gasteiger partial charge in [-0.1, -0.05) is 12.1 Å². The van der Waals surface area contributed by atoms with Crippen LogP contribution in [-0.2, 0) is 9.59 Å². The fourth-order valence-electron chi connectivity index (χ4n) is 1.28. The van der Waals surface area contributed by atoms with Gasteiger partial charge in [-0.15, -0.1) is 0 Å². The van der Waals surface area contributed by atoms with Crippen molar-refractivity contribution >= 4 is 40.2 Å². The van der Waals surface area contributed by atoms with E-state index in [4.69, 9.17) is 5.73 Å². The number of amides is 2.